The van der Waals surface area contributed by atoms with Gasteiger partial charge in [0.1, 0.15) is 0 Å². The lowest BCUT2D eigenvalue weighted by Gasteiger charge is -2.13. The molecule has 6 aromatic rings. The number of nitrogens with zero attached hydrogens (tertiary/aromatic N) is 3. The smallest absolute Gasteiger partial charge is 0.0702 e. The van der Waals surface area contributed by atoms with Crippen LogP contribution in [0.4, 0.5) is 0 Å². The zero-order valence-corrected chi connectivity index (χ0v) is 16.8. The lowest BCUT2D eigenvalue weighted by molar-refractivity contribution is 1.17. The molecule has 0 saturated carbocycles. The average Bonchev–Trinajstić information content (AvgIpc) is 3.19. The van der Waals surface area contributed by atoms with E-state index in [4.69, 9.17) is 0 Å². The fourth-order valence-electron chi connectivity index (χ4n) is 4.30. The van der Waals surface area contributed by atoms with Gasteiger partial charge in [-0.1, -0.05) is 48.5 Å². The van der Waals surface area contributed by atoms with Gasteiger partial charge in [0.05, 0.1) is 22.4 Å². The first-order chi connectivity index (χ1) is 15.4. The van der Waals surface area contributed by atoms with E-state index in [1.165, 1.54) is 21.8 Å². The van der Waals surface area contributed by atoms with Crippen LogP contribution in [0.5, 0.6) is 0 Å². The third-order valence-electron chi connectivity index (χ3n) is 5.68. The van der Waals surface area contributed by atoms with Crippen molar-refractivity contribution in [1.82, 2.24) is 14.5 Å². The number of pyridine rings is 2. The Morgan fingerprint density at radius 2 is 0.968 bits per heavy atom. The number of hydrogen-bond donors (Lipinski definition) is 0. The Hall–Kier alpha value is -4.24. The van der Waals surface area contributed by atoms with E-state index in [0.29, 0.717) is 0 Å². The highest BCUT2D eigenvalue weighted by molar-refractivity contribution is 6.09. The SMILES string of the molecule is c1ccc(-c2cc(-c3ccccn3)cc(-n3c4ccccc4c4ccccc43)c2)nc1. The third kappa shape index (κ3) is 2.99. The minimum absolute atomic E-state index is 0.947. The van der Waals surface area contributed by atoms with Crippen LogP contribution in [-0.4, -0.2) is 14.5 Å². The molecule has 0 radical (unpaired) electrons. The summed E-state index contributed by atoms with van der Waals surface area (Å²) in [7, 11) is 0. The zero-order valence-electron chi connectivity index (χ0n) is 16.8. The maximum absolute atomic E-state index is 4.60. The number of benzene rings is 3. The second kappa shape index (κ2) is 7.22. The Balaban J connectivity index is 1.69. The van der Waals surface area contributed by atoms with Crippen LogP contribution in [0.1, 0.15) is 0 Å². The van der Waals surface area contributed by atoms with Gasteiger partial charge in [0.25, 0.3) is 0 Å². The molecule has 0 unspecified atom stereocenters. The quantitative estimate of drug-likeness (QED) is 0.325. The van der Waals surface area contributed by atoms with Crippen molar-refractivity contribution in [2.45, 2.75) is 0 Å². The molecule has 0 N–H and O–H groups in total. The molecule has 0 atom stereocenters. The summed E-state index contributed by atoms with van der Waals surface area (Å²) in [5.74, 6) is 0. The van der Waals surface area contributed by atoms with Crippen molar-refractivity contribution in [2.75, 3.05) is 0 Å². The standard InChI is InChI=1S/C28H19N3/c1-3-13-27-23(9-1)24-10-2-4-14-28(24)31(27)22-18-20(25-11-5-7-15-29-25)17-21(19-22)26-12-6-8-16-30-26/h1-19H. The van der Waals surface area contributed by atoms with Gasteiger partial charge in [0.2, 0.25) is 0 Å². The van der Waals surface area contributed by atoms with Gasteiger partial charge in [-0.15, -0.1) is 0 Å². The van der Waals surface area contributed by atoms with Gasteiger partial charge < -0.3 is 4.57 Å². The van der Waals surface area contributed by atoms with Crippen LogP contribution in [0.2, 0.25) is 0 Å². The first kappa shape index (κ1) is 17.6. The van der Waals surface area contributed by atoms with Crippen molar-refractivity contribution in [1.29, 1.82) is 0 Å². The normalized spacial score (nSPS) is 11.2. The van der Waals surface area contributed by atoms with E-state index < -0.39 is 0 Å². The Morgan fingerprint density at radius 1 is 0.484 bits per heavy atom. The van der Waals surface area contributed by atoms with Crippen LogP contribution < -0.4 is 0 Å². The molecule has 0 saturated heterocycles. The second-order valence-electron chi connectivity index (χ2n) is 7.57. The Labute approximate surface area is 180 Å². The highest BCUT2D eigenvalue weighted by Crippen LogP contribution is 2.35. The first-order valence-electron chi connectivity index (χ1n) is 10.3. The van der Waals surface area contributed by atoms with E-state index in [9.17, 15) is 0 Å². The van der Waals surface area contributed by atoms with Crippen molar-refractivity contribution in [2.24, 2.45) is 0 Å². The summed E-state index contributed by atoms with van der Waals surface area (Å²) in [6.07, 6.45) is 3.67. The van der Waals surface area contributed by atoms with E-state index in [2.05, 4.69) is 81.3 Å². The van der Waals surface area contributed by atoms with E-state index in [-0.39, 0.29) is 0 Å². The Morgan fingerprint density at radius 3 is 1.45 bits per heavy atom. The molecule has 0 aliphatic heterocycles. The van der Waals surface area contributed by atoms with E-state index in [1.54, 1.807) is 0 Å². The summed E-state index contributed by atoms with van der Waals surface area (Å²) in [5.41, 5.74) is 7.51. The molecule has 0 aliphatic carbocycles. The largest absolute Gasteiger partial charge is 0.309 e. The van der Waals surface area contributed by atoms with Gasteiger partial charge in [0, 0.05) is 40.0 Å². The predicted octanol–water partition coefficient (Wildman–Crippen LogP) is 6.91. The van der Waals surface area contributed by atoms with Crippen LogP contribution in [-0.2, 0) is 0 Å². The van der Waals surface area contributed by atoms with Crippen molar-refractivity contribution in [3.63, 3.8) is 0 Å². The van der Waals surface area contributed by atoms with Crippen molar-refractivity contribution in [3.8, 4) is 28.2 Å². The molecule has 3 aromatic carbocycles. The number of para-hydroxylation sites is 2. The fourth-order valence-corrected chi connectivity index (χ4v) is 4.30. The second-order valence-corrected chi connectivity index (χ2v) is 7.57. The molecule has 0 bridgehead atoms. The van der Waals surface area contributed by atoms with E-state index in [0.717, 1.165) is 28.2 Å². The number of aromatic nitrogens is 3. The molecule has 31 heavy (non-hydrogen) atoms. The highest BCUT2D eigenvalue weighted by atomic mass is 15.0. The molecule has 3 heteroatoms. The maximum atomic E-state index is 4.60. The molecular weight excluding hydrogens is 378 g/mol. The van der Waals surface area contributed by atoms with E-state index >= 15 is 0 Å². The number of rotatable bonds is 3. The monoisotopic (exact) mass is 397 g/mol. The number of hydrogen-bond acceptors (Lipinski definition) is 2. The third-order valence-corrected chi connectivity index (χ3v) is 5.68. The summed E-state index contributed by atoms with van der Waals surface area (Å²) in [6, 6.07) is 35.8. The van der Waals surface area contributed by atoms with Gasteiger partial charge in [-0.25, -0.2) is 0 Å². The van der Waals surface area contributed by atoms with Crippen LogP contribution in [0.15, 0.2) is 116 Å². The fraction of sp³-hybridized carbons (Fsp3) is 0. The topological polar surface area (TPSA) is 30.7 Å². The molecule has 0 aliphatic rings. The summed E-state index contributed by atoms with van der Waals surface area (Å²) >= 11 is 0. The lowest BCUT2D eigenvalue weighted by Crippen LogP contribution is -1.96. The Kier molecular flexibility index (Phi) is 4.10. The Bertz CT molecular complexity index is 1410. The van der Waals surface area contributed by atoms with E-state index in [1.807, 2.05) is 48.8 Å². The average molecular weight is 397 g/mol. The molecule has 0 amide bonds. The maximum Gasteiger partial charge on any atom is 0.0702 e. The van der Waals surface area contributed by atoms with Crippen LogP contribution >= 0.6 is 0 Å². The van der Waals surface area contributed by atoms with Gasteiger partial charge in [0.15, 0.2) is 0 Å². The molecule has 6 rings (SSSR count). The highest BCUT2D eigenvalue weighted by Gasteiger charge is 2.14. The summed E-state index contributed by atoms with van der Waals surface area (Å²) < 4.78 is 2.34. The van der Waals surface area contributed by atoms with Crippen LogP contribution in [0.25, 0.3) is 50.0 Å². The minimum Gasteiger partial charge on any atom is -0.309 e. The van der Waals surface area contributed by atoms with Crippen molar-refractivity contribution >= 4 is 21.8 Å². The first-order valence-corrected chi connectivity index (χ1v) is 10.3. The molecular formula is C28H19N3. The molecule has 0 fully saturated rings. The zero-order chi connectivity index (χ0) is 20.6. The van der Waals surface area contributed by atoms with Gasteiger partial charge in [-0.2, -0.15) is 0 Å². The predicted molar refractivity (Wildman–Crippen MR) is 127 cm³/mol. The summed E-state index contributed by atoms with van der Waals surface area (Å²) in [6.45, 7) is 0. The van der Waals surface area contributed by atoms with Gasteiger partial charge >= 0.3 is 0 Å². The number of fused-ring (bicyclic) bond motifs is 3. The minimum atomic E-state index is 0.947. The van der Waals surface area contributed by atoms with Gasteiger partial charge in [-0.05, 0) is 54.6 Å². The molecule has 3 heterocycles. The molecule has 146 valence electrons. The van der Waals surface area contributed by atoms with Crippen LogP contribution in [0.3, 0.4) is 0 Å². The summed E-state index contributed by atoms with van der Waals surface area (Å²) in [5, 5.41) is 2.50. The lowest BCUT2D eigenvalue weighted by atomic mass is 10.0. The van der Waals surface area contributed by atoms with Crippen LogP contribution in [0, 0.1) is 0 Å². The molecule has 3 nitrogen and oxygen atoms in total. The molecule has 0 spiro atoms. The summed E-state index contributed by atoms with van der Waals surface area (Å²) in [4.78, 5) is 9.20. The molecule has 3 aromatic heterocycles. The van der Waals surface area contributed by atoms with Gasteiger partial charge in [-0.3, -0.25) is 9.97 Å². The van der Waals surface area contributed by atoms with Crippen molar-refractivity contribution in [3.05, 3.63) is 116 Å². The van der Waals surface area contributed by atoms with Crippen molar-refractivity contribution < 1.29 is 0 Å².